The number of benzene rings is 1. The molecule has 0 heterocycles. The maximum absolute atomic E-state index is 3.89. The Morgan fingerprint density at radius 3 is 2.42 bits per heavy atom. The lowest BCUT2D eigenvalue weighted by Gasteiger charge is -2.39. The highest BCUT2D eigenvalue weighted by atomic mass is 15.0. The van der Waals surface area contributed by atoms with Crippen molar-refractivity contribution in [3.63, 3.8) is 0 Å². The van der Waals surface area contributed by atoms with Crippen LogP contribution >= 0.6 is 0 Å². The van der Waals surface area contributed by atoms with Gasteiger partial charge in [0.2, 0.25) is 0 Å². The molecule has 0 bridgehead atoms. The van der Waals surface area contributed by atoms with Crippen LogP contribution in [0.2, 0.25) is 0 Å². The number of nitrogens with one attached hydrogen (secondary N) is 1. The molecule has 2 aliphatic rings. The largest absolute Gasteiger partial charge is 0.311 e. The van der Waals surface area contributed by atoms with E-state index < -0.39 is 0 Å². The summed E-state index contributed by atoms with van der Waals surface area (Å²) in [5.41, 5.74) is 2.91. The van der Waals surface area contributed by atoms with E-state index in [1.165, 1.54) is 44.1 Å². The van der Waals surface area contributed by atoms with Crippen LogP contribution in [0.15, 0.2) is 24.3 Å². The predicted molar refractivity (Wildman–Crippen MR) is 81.5 cm³/mol. The van der Waals surface area contributed by atoms with Crippen LogP contribution in [0.1, 0.15) is 62.5 Å². The maximum Gasteiger partial charge on any atom is 0.00813 e. The van der Waals surface area contributed by atoms with Crippen molar-refractivity contribution in [2.45, 2.75) is 70.4 Å². The third-order valence-electron chi connectivity index (χ3n) is 4.97. The number of aryl methyl sites for hydroxylation is 1. The second-order valence-electron chi connectivity index (χ2n) is 6.73. The van der Waals surface area contributed by atoms with Gasteiger partial charge >= 0.3 is 0 Å². The summed E-state index contributed by atoms with van der Waals surface area (Å²) in [5, 5.41) is 3.89. The molecular weight excluding hydrogens is 230 g/mol. The molecule has 2 aliphatic carbocycles. The third kappa shape index (κ3) is 3.39. The molecule has 1 aromatic carbocycles. The molecule has 1 heteroatoms. The van der Waals surface area contributed by atoms with Crippen molar-refractivity contribution in [1.29, 1.82) is 0 Å². The van der Waals surface area contributed by atoms with Gasteiger partial charge in [-0.1, -0.05) is 49.6 Å². The standard InChI is InChI=1S/C18H27N/c1-3-17(10-14-6-7-14)19-18-11-16(12-18)15-8-4-13(2)5-9-15/h4-5,8-9,14,16-19H,3,6-7,10-12H2,1-2H3. The van der Waals surface area contributed by atoms with Gasteiger partial charge in [0, 0.05) is 12.1 Å². The lowest BCUT2D eigenvalue weighted by atomic mass is 9.75. The minimum Gasteiger partial charge on any atom is -0.311 e. The number of rotatable bonds is 6. The zero-order chi connectivity index (χ0) is 13.2. The highest BCUT2D eigenvalue weighted by Crippen LogP contribution is 2.39. The van der Waals surface area contributed by atoms with Gasteiger partial charge in [-0.2, -0.15) is 0 Å². The van der Waals surface area contributed by atoms with E-state index >= 15 is 0 Å². The quantitative estimate of drug-likeness (QED) is 0.796. The van der Waals surface area contributed by atoms with E-state index in [1.807, 2.05) is 0 Å². The molecule has 104 valence electrons. The van der Waals surface area contributed by atoms with Crippen molar-refractivity contribution < 1.29 is 0 Å². The molecule has 0 aliphatic heterocycles. The van der Waals surface area contributed by atoms with Crippen LogP contribution in [0.25, 0.3) is 0 Å². The van der Waals surface area contributed by atoms with E-state index in [-0.39, 0.29) is 0 Å². The summed E-state index contributed by atoms with van der Waals surface area (Å²) in [7, 11) is 0. The van der Waals surface area contributed by atoms with Crippen molar-refractivity contribution >= 4 is 0 Å². The van der Waals surface area contributed by atoms with Gasteiger partial charge in [-0.15, -0.1) is 0 Å². The summed E-state index contributed by atoms with van der Waals surface area (Å²) < 4.78 is 0. The van der Waals surface area contributed by atoms with Crippen LogP contribution in [0, 0.1) is 12.8 Å². The molecule has 1 atom stereocenters. The van der Waals surface area contributed by atoms with E-state index in [9.17, 15) is 0 Å². The second kappa shape index (κ2) is 5.66. The molecule has 0 spiro atoms. The molecule has 19 heavy (non-hydrogen) atoms. The summed E-state index contributed by atoms with van der Waals surface area (Å²) >= 11 is 0. The number of hydrogen-bond donors (Lipinski definition) is 1. The highest BCUT2D eigenvalue weighted by Gasteiger charge is 2.32. The normalized spacial score (nSPS) is 27.9. The van der Waals surface area contributed by atoms with Crippen molar-refractivity contribution in [2.24, 2.45) is 5.92 Å². The first-order chi connectivity index (χ1) is 9.24. The first-order valence-electron chi connectivity index (χ1n) is 8.07. The maximum atomic E-state index is 3.89. The molecule has 1 unspecified atom stereocenters. The summed E-state index contributed by atoms with van der Waals surface area (Å²) in [6.07, 6.45) is 8.35. The molecule has 0 radical (unpaired) electrons. The van der Waals surface area contributed by atoms with Gasteiger partial charge in [-0.25, -0.2) is 0 Å². The van der Waals surface area contributed by atoms with Crippen LogP contribution in [0.4, 0.5) is 0 Å². The van der Waals surface area contributed by atoms with Crippen molar-refractivity contribution in [3.05, 3.63) is 35.4 Å². The lowest BCUT2D eigenvalue weighted by Crippen LogP contribution is -2.45. The fourth-order valence-electron chi connectivity index (χ4n) is 3.31. The van der Waals surface area contributed by atoms with E-state index in [1.54, 1.807) is 5.56 Å². The van der Waals surface area contributed by atoms with Crippen molar-refractivity contribution in [2.75, 3.05) is 0 Å². The molecule has 1 N–H and O–H groups in total. The van der Waals surface area contributed by atoms with Gasteiger partial charge in [0.25, 0.3) is 0 Å². The Morgan fingerprint density at radius 1 is 1.16 bits per heavy atom. The van der Waals surface area contributed by atoms with Gasteiger partial charge in [0.1, 0.15) is 0 Å². The van der Waals surface area contributed by atoms with Gasteiger partial charge in [-0.3, -0.25) is 0 Å². The Bertz CT molecular complexity index is 398. The highest BCUT2D eigenvalue weighted by molar-refractivity contribution is 5.26. The SMILES string of the molecule is CCC(CC1CC1)NC1CC(c2ccc(C)cc2)C1. The molecule has 0 aromatic heterocycles. The average molecular weight is 257 g/mol. The van der Waals surface area contributed by atoms with Gasteiger partial charge in [0.15, 0.2) is 0 Å². The molecule has 2 fully saturated rings. The van der Waals surface area contributed by atoms with Crippen LogP contribution < -0.4 is 5.32 Å². The summed E-state index contributed by atoms with van der Waals surface area (Å²) in [6.45, 7) is 4.49. The smallest absolute Gasteiger partial charge is 0.00813 e. The van der Waals surface area contributed by atoms with Crippen LogP contribution in [-0.4, -0.2) is 12.1 Å². The lowest BCUT2D eigenvalue weighted by molar-refractivity contribution is 0.252. The van der Waals surface area contributed by atoms with E-state index in [0.717, 1.165) is 23.9 Å². The minimum absolute atomic E-state index is 0.773. The Balaban J connectivity index is 1.45. The average Bonchev–Trinajstić information content (AvgIpc) is 3.17. The van der Waals surface area contributed by atoms with Gasteiger partial charge in [0.05, 0.1) is 0 Å². The first kappa shape index (κ1) is 13.2. The van der Waals surface area contributed by atoms with E-state index in [2.05, 4.69) is 43.4 Å². The van der Waals surface area contributed by atoms with Gasteiger partial charge < -0.3 is 5.32 Å². The van der Waals surface area contributed by atoms with E-state index in [0.29, 0.717) is 0 Å². The van der Waals surface area contributed by atoms with Crippen molar-refractivity contribution in [3.8, 4) is 0 Å². The Morgan fingerprint density at radius 2 is 1.84 bits per heavy atom. The molecule has 2 saturated carbocycles. The summed E-state index contributed by atoms with van der Waals surface area (Å²) in [6, 6.07) is 10.7. The monoisotopic (exact) mass is 257 g/mol. The first-order valence-corrected chi connectivity index (χ1v) is 8.07. The zero-order valence-corrected chi connectivity index (χ0v) is 12.4. The van der Waals surface area contributed by atoms with Crippen LogP contribution in [0.5, 0.6) is 0 Å². The van der Waals surface area contributed by atoms with Crippen molar-refractivity contribution in [1.82, 2.24) is 5.32 Å². The molecular formula is C18H27N. The molecule has 0 saturated heterocycles. The third-order valence-corrected chi connectivity index (χ3v) is 4.97. The topological polar surface area (TPSA) is 12.0 Å². The van der Waals surface area contributed by atoms with Crippen LogP contribution in [-0.2, 0) is 0 Å². The Labute approximate surface area is 117 Å². The minimum atomic E-state index is 0.773. The van der Waals surface area contributed by atoms with Crippen LogP contribution in [0.3, 0.4) is 0 Å². The van der Waals surface area contributed by atoms with Gasteiger partial charge in [-0.05, 0) is 50.0 Å². The second-order valence-corrected chi connectivity index (χ2v) is 6.73. The Hall–Kier alpha value is -0.820. The molecule has 1 aromatic rings. The summed E-state index contributed by atoms with van der Waals surface area (Å²) in [5.74, 6) is 1.85. The number of hydrogen-bond acceptors (Lipinski definition) is 1. The predicted octanol–water partition coefficient (Wildman–Crippen LogP) is 4.41. The van der Waals surface area contributed by atoms with E-state index in [4.69, 9.17) is 0 Å². The Kier molecular flexibility index (Phi) is 3.93. The summed E-state index contributed by atoms with van der Waals surface area (Å²) in [4.78, 5) is 0. The fourth-order valence-corrected chi connectivity index (χ4v) is 3.31. The fraction of sp³-hybridized carbons (Fsp3) is 0.667. The molecule has 3 rings (SSSR count). The molecule has 0 amide bonds. The zero-order valence-electron chi connectivity index (χ0n) is 12.4. The molecule has 1 nitrogen and oxygen atoms in total.